The van der Waals surface area contributed by atoms with Crippen LogP contribution in [-0.4, -0.2) is 27.6 Å². The van der Waals surface area contributed by atoms with Gasteiger partial charge in [0.15, 0.2) is 5.82 Å². The van der Waals surface area contributed by atoms with E-state index in [-0.39, 0.29) is 11.9 Å². The minimum Gasteiger partial charge on any atom is -0.477 e. The van der Waals surface area contributed by atoms with E-state index >= 15 is 0 Å². The van der Waals surface area contributed by atoms with E-state index in [9.17, 15) is 4.79 Å². The SMILES string of the molecule is Cc1nc(C(C)NC(=O)c2ccc(C3CC3)c(OCC3CC3)n2)no1. The fourth-order valence-electron chi connectivity index (χ4n) is 2.71. The zero-order chi connectivity index (χ0) is 17.4. The molecule has 0 spiro atoms. The van der Waals surface area contributed by atoms with Gasteiger partial charge in [-0.3, -0.25) is 4.79 Å². The average Bonchev–Trinajstić information content (AvgIpc) is 3.52. The Bertz CT molecular complexity index is 780. The summed E-state index contributed by atoms with van der Waals surface area (Å²) in [6.07, 6.45) is 4.78. The van der Waals surface area contributed by atoms with E-state index in [2.05, 4.69) is 20.4 Å². The van der Waals surface area contributed by atoms with Crippen LogP contribution >= 0.6 is 0 Å². The van der Waals surface area contributed by atoms with Crippen LogP contribution in [0.2, 0.25) is 0 Å². The van der Waals surface area contributed by atoms with Gasteiger partial charge in [-0.2, -0.15) is 4.98 Å². The van der Waals surface area contributed by atoms with Gasteiger partial charge >= 0.3 is 0 Å². The van der Waals surface area contributed by atoms with Gasteiger partial charge in [0.2, 0.25) is 11.8 Å². The molecule has 25 heavy (non-hydrogen) atoms. The monoisotopic (exact) mass is 342 g/mol. The molecule has 4 rings (SSSR count). The minimum atomic E-state index is -0.356. The van der Waals surface area contributed by atoms with Crippen molar-refractivity contribution < 1.29 is 14.1 Å². The number of nitrogens with one attached hydrogen (secondary N) is 1. The lowest BCUT2D eigenvalue weighted by Crippen LogP contribution is -2.28. The molecule has 0 aromatic carbocycles. The van der Waals surface area contributed by atoms with Crippen molar-refractivity contribution in [3.63, 3.8) is 0 Å². The van der Waals surface area contributed by atoms with Crippen molar-refractivity contribution in [3.05, 3.63) is 35.1 Å². The first kappa shape index (κ1) is 16.1. The molecule has 1 unspecified atom stereocenters. The Balaban J connectivity index is 1.48. The van der Waals surface area contributed by atoms with Gasteiger partial charge < -0.3 is 14.6 Å². The van der Waals surface area contributed by atoms with E-state index in [0.717, 1.165) is 5.56 Å². The van der Waals surface area contributed by atoms with Gasteiger partial charge in [-0.05, 0) is 50.5 Å². The van der Waals surface area contributed by atoms with Gasteiger partial charge in [-0.1, -0.05) is 11.2 Å². The van der Waals surface area contributed by atoms with Crippen LogP contribution in [0, 0.1) is 12.8 Å². The Morgan fingerprint density at radius 2 is 2.12 bits per heavy atom. The molecule has 7 heteroatoms. The number of hydrogen-bond acceptors (Lipinski definition) is 6. The summed E-state index contributed by atoms with van der Waals surface area (Å²) >= 11 is 0. The lowest BCUT2D eigenvalue weighted by atomic mass is 10.1. The molecule has 1 N–H and O–H groups in total. The highest BCUT2D eigenvalue weighted by Crippen LogP contribution is 2.44. The minimum absolute atomic E-state index is 0.270. The van der Waals surface area contributed by atoms with E-state index in [1.165, 1.54) is 25.7 Å². The van der Waals surface area contributed by atoms with Gasteiger partial charge in [0.05, 0.1) is 12.6 Å². The zero-order valence-electron chi connectivity index (χ0n) is 14.5. The first-order chi connectivity index (χ1) is 12.1. The van der Waals surface area contributed by atoms with Crippen LogP contribution in [0.5, 0.6) is 5.88 Å². The lowest BCUT2D eigenvalue weighted by molar-refractivity contribution is 0.0931. The first-order valence-electron chi connectivity index (χ1n) is 8.85. The Labute approximate surface area is 146 Å². The molecule has 2 saturated carbocycles. The number of hydrogen-bond donors (Lipinski definition) is 1. The molecule has 0 saturated heterocycles. The summed E-state index contributed by atoms with van der Waals surface area (Å²) in [6.45, 7) is 4.22. The van der Waals surface area contributed by atoms with Crippen molar-refractivity contribution in [2.24, 2.45) is 5.92 Å². The van der Waals surface area contributed by atoms with Crippen LogP contribution in [0.3, 0.4) is 0 Å². The smallest absolute Gasteiger partial charge is 0.270 e. The fraction of sp³-hybridized carbons (Fsp3) is 0.556. The molecule has 0 radical (unpaired) electrons. The average molecular weight is 342 g/mol. The van der Waals surface area contributed by atoms with Crippen LogP contribution in [0.15, 0.2) is 16.7 Å². The molecule has 2 heterocycles. The summed E-state index contributed by atoms with van der Waals surface area (Å²) in [5.74, 6) is 2.44. The summed E-state index contributed by atoms with van der Waals surface area (Å²) < 4.78 is 10.9. The Morgan fingerprint density at radius 3 is 2.76 bits per heavy atom. The second kappa shape index (κ2) is 6.46. The second-order valence-corrected chi connectivity index (χ2v) is 6.99. The molecule has 7 nitrogen and oxygen atoms in total. The predicted octanol–water partition coefficient (Wildman–Crippen LogP) is 2.93. The van der Waals surface area contributed by atoms with Crippen molar-refractivity contribution in [3.8, 4) is 5.88 Å². The van der Waals surface area contributed by atoms with Gasteiger partial charge in [-0.25, -0.2) is 4.98 Å². The molecule has 2 fully saturated rings. The summed E-state index contributed by atoms with van der Waals surface area (Å²) in [6, 6.07) is 3.39. The lowest BCUT2D eigenvalue weighted by Gasteiger charge is -2.13. The fourth-order valence-corrected chi connectivity index (χ4v) is 2.71. The molecule has 132 valence electrons. The second-order valence-electron chi connectivity index (χ2n) is 6.99. The molecule has 1 atom stereocenters. The summed E-state index contributed by atoms with van der Waals surface area (Å²) in [5.41, 5.74) is 1.47. The van der Waals surface area contributed by atoms with Gasteiger partial charge in [0, 0.05) is 12.5 Å². The maximum atomic E-state index is 12.5. The van der Waals surface area contributed by atoms with E-state index in [0.29, 0.717) is 41.7 Å². The Hall–Kier alpha value is -2.44. The maximum Gasteiger partial charge on any atom is 0.270 e. The Kier molecular flexibility index (Phi) is 4.15. The third-order valence-corrected chi connectivity index (χ3v) is 4.57. The third-order valence-electron chi connectivity index (χ3n) is 4.57. The van der Waals surface area contributed by atoms with E-state index in [1.54, 1.807) is 13.0 Å². The van der Waals surface area contributed by atoms with Crippen LogP contribution in [0.4, 0.5) is 0 Å². The van der Waals surface area contributed by atoms with Crippen molar-refractivity contribution in [1.82, 2.24) is 20.4 Å². The van der Waals surface area contributed by atoms with Crippen molar-refractivity contribution in [2.75, 3.05) is 6.61 Å². The van der Waals surface area contributed by atoms with Crippen LogP contribution in [0.1, 0.15) is 72.3 Å². The number of amides is 1. The topological polar surface area (TPSA) is 90.1 Å². The first-order valence-corrected chi connectivity index (χ1v) is 8.85. The Morgan fingerprint density at radius 1 is 1.32 bits per heavy atom. The summed E-state index contributed by atoms with van der Waals surface area (Å²) in [7, 11) is 0. The van der Waals surface area contributed by atoms with E-state index < -0.39 is 0 Å². The normalized spacial score (nSPS) is 18.0. The molecule has 2 aliphatic rings. The zero-order valence-corrected chi connectivity index (χ0v) is 14.5. The van der Waals surface area contributed by atoms with Gasteiger partial charge in [0.1, 0.15) is 5.69 Å². The highest BCUT2D eigenvalue weighted by atomic mass is 16.5. The number of carbonyl (C=O) groups excluding carboxylic acids is 1. The molecular weight excluding hydrogens is 320 g/mol. The number of nitrogens with zero attached hydrogens (tertiary/aromatic N) is 3. The molecule has 1 amide bonds. The van der Waals surface area contributed by atoms with Crippen LogP contribution in [-0.2, 0) is 0 Å². The number of ether oxygens (including phenoxy) is 1. The maximum absolute atomic E-state index is 12.5. The number of aryl methyl sites for hydroxylation is 1. The molecule has 2 aliphatic carbocycles. The standard InChI is InChI=1S/C18H22N4O3/c1-10(16-20-11(2)25-22-16)19-17(23)15-8-7-14(13-5-6-13)18(21-15)24-9-12-3-4-12/h7-8,10,12-13H,3-6,9H2,1-2H3,(H,19,23). The molecule has 2 aromatic rings. The largest absolute Gasteiger partial charge is 0.477 e. The highest BCUT2D eigenvalue weighted by molar-refractivity contribution is 5.92. The van der Waals surface area contributed by atoms with Crippen molar-refractivity contribution in [1.29, 1.82) is 0 Å². The highest BCUT2D eigenvalue weighted by Gasteiger charge is 2.30. The van der Waals surface area contributed by atoms with Gasteiger partial charge in [0.25, 0.3) is 5.91 Å². The summed E-state index contributed by atoms with van der Waals surface area (Å²) in [5, 5.41) is 6.69. The predicted molar refractivity (Wildman–Crippen MR) is 89.3 cm³/mol. The molecule has 0 aliphatic heterocycles. The quantitative estimate of drug-likeness (QED) is 0.832. The third kappa shape index (κ3) is 3.81. The van der Waals surface area contributed by atoms with E-state index in [4.69, 9.17) is 9.26 Å². The van der Waals surface area contributed by atoms with Crippen molar-refractivity contribution >= 4 is 5.91 Å². The van der Waals surface area contributed by atoms with Crippen LogP contribution in [0.25, 0.3) is 0 Å². The number of aromatic nitrogens is 3. The number of rotatable bonds is 7. The molecular formula is C18H22N4O3. The van der Waals surface area contributed by atoms with E-state index in [1.807, 2.05) is 13.0 Å². The molecule has 0 bridgehead atoms. The number of pyridine rings is 1. The number of carbonyl (C=O) groups is 1. The van der Waals surface area contributed by atoms with Gasteiger partial charge in [-0.15, -0.1) is 0 Å². The summed E-state index contributed by atoms with van der Waals surface area (Å²) in [4.78, 5) is 21.1. The van der Waals surface area contributed by atoms with Crippen molar-refractivity contribution in [2.45, 2.75) is 51.5 Å². The van der Waals surface area contributed by atoms with Crippen LogP contribution < -0.4 is 10.1 Å². The molecule has 2 aromatic heterocycles.